The second kappa shape index (κ2) is 9.72. The number of methoxy groups -OCH3 is 2. The van der Waals surface area contributed by atoms with E-state index in [0.717, 1.165) is 16.3 Å². The molecule has 1 atom stereocenters. The SMILES string of the molecule is COc1ccc2c(c1OC)c(=O)n1c3ccc(O[C@H](C)C(=O)Nc4ccc(C(C)C)cc4)cc3c3ccnc2c31. The van der Waals surface area contributed by atoms with Crippen LogP contribution in [0.25, 0.3) is 38.1 Å². The zero-order valence-electron chi connectivity index (χ0n) is 22.9. The van der Waals surface area contributed by atoms with Gasteiger partial charge in [0.2, 0.25) is 0 Å². The average molecular weight is 536 g/mol. The fourth-order valence-corrected chi connectivity index (χ4v) is 5.33. The van der Waals surface area contributed by atoms with Crippen molar-refractivity contribution in [3.8, 4) is 17.2 Å². The van der Waals surface area contributed by atoms with Gasteiger partial charge < -0.3 is 19.5 Å². The number of rotatable bonds is 7. The molecule has 40 heavy (non-hydrogen) atoms. The largest absolute Gasteiger partial charge is 0.493 e. The third-order valence-corrected chi connectivity index (χ3v) is 7.39. The molecule has 0 aliphatic heterocycles. The number of nitrogens with zero attached hydrogens (tertiary/aromatic N) is 2. The van der Waals surface area contributed by atoms with Crippen LogP contribution in [0.2, 0.25) is 0 Å². The van der Waals surface area contributed by atoms with Crippen LogP contribution in [0, 0.1) is 0 Å². The highest BCUT2D eigenvalue weighted by Gasteiger charge is 2.23. The number of pyridine rings is 2. The molecule has 8 nitrogen and oxygen atoms in total. The number of carbonyl (C=O) groups is 1. The summed E-state index contributed by atoms with van der Waals surface area (Å²) in [7, 11) is 3.06. The minimum Gasteiger partial charge on any atom is -0.493 e. The number of fused-ring (bicyclic) bond motifs is 5. The molecule has 3 heterocycles. The minimum atomic E-state index is -0.744. The van der Waals surface area contributed by atoms with Crippen molar-refractivity contribution in [3.05, 3.63) is 82.8 Å². The van der Waals surface area contributed by atoms with Gasteiger partial charge >= 0.3 is 0 Å². The number of hydrogen-bond acceptors (Lipinski definition) is 6. The summed E-state index contributed by atoms with van der Waals surface area (Å²) >= 11 is 0. The number of nitrogens with one attached hydrogen (secondary N) is 1. The highest BCUT2D eigenvalue weighted by molar-refractivity contribution is 6.19. The van der Waals surface area contributed by atoms with Crippen LogP contribution in [0.4, 0.5) is 5.69 Å². The van der Waals surface area contributed by atoms with Gasteiger partial charge in [0.05, 0.1) is 36.2 Å². The molecule has 0 unspecified atom stereocenters. The first-order valence-corrected chi connectivity index (χ1v) is 13.1. The van der Waals surface area contributed by atoms with Crippen LogP contribution in [0.5, 0.6) is 17.2 Å². The van der Waals surface area contributed by atoms with E-state index in [1.807, 2.05) is 48.5 Å². The van der Waals surface area contributed by atoms with Crippen molar-refractivity contribution in [1.29, 1.82) is 0 Å². The topological polar surface area (TPSA) is 91.2 Å². The first-order chi connectivity index (χ1) is 19.3. The molecule has 0 saturated heterocycles. The summed E-state index contributed by atoms with van der Waals surface area (Å²) in [5, 5.41) is 5.69. The van der Waals surface area contributed by atoms with Crippen LogP contribution in [0.1, 0.15) is 32.3 Å². The lowest BCUT2D eigenvalue weighted by molar-refractivity contribution is -0.122. The van der Waals surface area contributed by atoms with Crippen LogP contribution in [-0.2, 0) is 4.79 Å². The van der Waals surface area contributed by atoms with Gasteiger partial charge in [-0.1, -0.05) is 26.0 Å². The number of anilines is 1. The Balaban J connectivity index is 1.40. The van der Waals surface area contributed by atoms with Crippen LogP contribution >= 0.6 is 0 Å². The smallest absolute Gasteiger partial charge is 0.267 e. The molecule has 1 N–H and O–H groups in total. The fraction of sp³-hybridized carbons (Fsp3) is 0.219. The molecular weight excluding hydrogens is 506 g/mol. The first-order valence-electron chi connectivity index (χ1n) is 13.1. The van der Waals surface area contributed by atoms with Gasteiger partial charge in [0.1, 0.15) is 5.75 Å². The first kappa shape index (κ1) is 25.4. The summed E-state index contributed by atoms with van der Waals surface area (Å²) in [5.74, 6) is 1.52. The van der Waals surface area contributed by atoms with E-state index < -0.39 is 6.10 Å². The second-order valence-electron chi connectivity index (χ2n) is 10.1. The van der Waals surface area contributed by atoms with Crippen LogP contribution in [0.3, 0.4) is 0 Å². The molecule has 1 amide bonds. The van der Waals surface area contributed by atoms with Crippen molar-refractivity contribution in [1.82, 2.24) is 9.38 Å². The monoisotopic (exact) mass is 535 g/mol. The number of hydrogen-bond donors (Lipinski definition) is 1. The third-order valence-electron chi connectivity index (χ3n) is 7.39. The average Bonchev–Trinajstić information content (AvgIpc) is 3.30. The van der Waals surface area contributed by atoms with Crippen molar-refractivity contribution < 1.29 is 19.0 Å². The molecule has 0 saturated carbocycles. The summed E-state index contributed by atoms with van der Waals surface area (Å²) in [6.45, 7) is 5.96. The van der Waals surface area contributed by atoms with Gasteiger partial charge in [-0.25, -0.2) is 0 Å². The summed E-state index contributed by atoms with van der Waals surface area (Å²) in [4.78, 5) is 31.4. The lowest BCUT2D eigenvalue weighted by atomic mass is 10.0. The Labute approximate surface area is 230 Å². The van der Waals surface area contributed by atoms with Crippen LogP contribution in [-0.4, -0.2) is 35.6 Å². The van der Waals surface area contributed by atoms with Crippen molar-refractivity contribution in [2.24, 2.45) is 0 Å². The number of aromatic nitrogens is 2. The van der Waals surface area contributed by atoms with Crippen LogP contribution < -0.4 is 25.1 Å². The summed E-state index contributed by atoms with van der Waals surface area (Å²) < 4.78 is 18.8. The van der Waals surface area contributed by atoms with Gasteiger partial charge in [-0.05, 0) is 66.9 Å². The van der Waals surface area contributed by atoms with Gasteiger partial charge in [0.25, 0.3) is 11.5 Å². The standard InChI is InChI=1S/C32H29N3O5/c1-17(2)19-6-8-20(9-7-19)34-31(36)18(3)40-21-10-12-25-24(16-21)22-14-15-33-28-23-11-13-26(38-4)30(39-5)27(23)32(37)35(25)29(22)28/h6-18H,1-5H3,(H,34,36)/t18-/m1/s1. The van der Waals surface area contributed by atoms with E-state index in [2.05, 4.69) is 24.1 Å². The quantitative estimate of drug-likeness (QED) is 0.247. The molecule has 6 rings (SSSR count). The van der Waals surface area contributed by atoms with Gasteiger partial charge in [0.15, 0.2) is 17.6 Å². The van der Waals surface area contributed by atoms with Gasteiger partial charge in [-0.15, -0.1) is 0 Å². The minimum absolute atomic E-state index is 0.226. The number of ether oxygens (including phenoxy) is 3. The molecule has 0 spiro atoms. The van der Waals surface area contributed by atoms with Crippen molar-refractivity contribution >= 4 is 49.7 Å². The number of carbonyl (C=O) groups excluding carboxylic acids is 1. The van der Waals surface area contributed by atoms with E-state index in [1.165, 1.54) is 19.8 Å². The lowest BCUT2D eigenvalue weighted by Gasteiger charge is -2.15. The molecule has 0 aliphatic carbocycles. The lowest BCUT2D eigenvalue weighted by Crippen LogP contribution is -2.30. The molecule has 8 heteroatoms. The summed E-state index contributed by atoms with van der Waals surface area (Å²) in [6.07, 6.45) is 0.984. The summed E-state index contributed by atoms with van der Waals surface area (Å²) in [5.41, 5.74) is 3.80. The second-order valence-corrected chi connectivity index (χ2v) is 10.1. The highest BCUT2D eigenvalue weighted by Crippen LogP contribution is 2.39. The maximum Gasteiger partial charge on any atom is 0.267 e. The highest BCUT2D eigenvalue weighted by atomic mass is 16.5. The van der Waals surface area contributed by atoms with E-state index in [-0.39, 0.29) is 11.5 Å². The molecule has 0 bridgehead atoms. The van der Waals surface area contributed by atoms with E-state index in [4.69, 9.17) is 14.2 Å². The predicted molar refractivity (Wildman–Crippen MR) is 158 cm³/mol. The Kier molecular flexibility index (Phi) is 6.18. The fourth-order valence-electron chi connectivity index (χ4n) is 5.33. The Hall–Kier alpha value is -4.85. The maximum atomic E-state index is 13.9. The zero-order chi connectivity index (χ0) is 28.1. The molecule has 3 aromatic carbocycles. The van der Waals surface area contributed by atoms with Crippen molar-refractivity contribution in [2.45, 2.75) is 32.8 Å². The van der Waals surface area contributed by atoms with Crippen molar-refractivity contribution in [2.75, 3.05) is 19.5 Å². The molecule has 6 aromatic rings. The molecule has 0 fully saturated rings. The Morgan fingerprint density at radius 2 is 1.68 bits per heavy atom. The van der Waals surface area contributed by atoms with E-state index >= 15 is 0 Å². The normalized spacial score (nSPS) is 12.4. The van der Waals surface area contributed by atoms with E-state index in [9.17, 15) is 9.59 Å². The Morgan fingerprint density at radius 3 is 2.38 bits per heavy atom. The number of benzene rings is 3. The van der Waals surface area contributed by atoms with E-state index in [0.29, 0.717) is 50.7 Å². The Morgan fingerprint density at radius 1 is 0.900 bits per heavy atom. The van der Waals surface area contributed by atoms with E-state index in [1.54, 1.807) is 29.7 Å². The van der Waals surface area contributed by atoms with Crippen molar-refractivity contribution in [3.63, 3.8) is 0 Å². The molecular formula is C32H29N3O5. The van der Waals surface area contributed by atoms with Gasteiger partial charge in [0, 0.05) is 28.0 Å². The zero-order valence-corrected chi connectivity index (χ0v) is 22.9. The summed E-state index contributed by atoms with van der Waals surface area (Å²) in [6, 6.07) is 18.8. The predicted octanol–water partition coefficient (Wildman–Crippen LogP) is 6.14. The van der Waals surface area contributed by atoms with Crippen LogP contribution in [0.15, 0.2) is 71.7 Å². The Bertz CT molecular complexity index is 1960. The molecule has 0 aliphatic rings. The van der Waals surface area contributed by atoms with Gasteiger partial charge in [-0.2, -0.15) is 0 Å². The molecule has 0 radical (unpaired) electrons. The van der Waals surface area contributed by atoms with Gasteiger partial charge in [-0.3, -0.25) is 19.0 Å². The number of amides is 1. The molecule has 3 aromatic heterocycles. The third kappa shape index (κ3) is 3.95. The molecule has 202 valence electrons. The maximum absolute atomic E-state index is 13.9.